The maximum Gasteiger partial charge on any atom is 0.123 e. The number of nitriles is 1. The normalized spacial score (nSPS) is 11.9. The molecule has 0 saturated heterocycles. The molecule has 0 heterocycles. The summed E-state index contributed by atoms with van der Waals surface area (Å²) in [7, 11) is 1.67. The molecular weight excluding hydrogens is 200 g/mol. The summed E-state index contributed by atoms with van der Waals surface area (Å²) in [5, 5.41) is 11.9. The van der Waals surface area contributed by atoms with Gasteiger partial charge in [0.25, 0.3) is 0 Å². The van der Waals surface area contributed by atoms with Crippen LogP contribution in [0.15, 0.2) is 12.1 Å². The van der Waals surface area contributed by atoms with E-state index in [1.807, 2.05) is 19.9 Å². The van der Waals surface area contributed by atoms with E-state index in [4.69, 9.17) is 10.00 Å². The molecule has 0 saturated carbocycles. The van der Waals surface area contributed by atoms with E-state index in [0.717, 1.165) is 11.3 Å². The van der Waals surface area contributed by atoms with E-state index in [9.17, 15) is 0 Å². The highest BCUT2D eigenvalue weighted by molar-refractivity contribution is 5.43. The number of methoxy groups -OCH3 is 1. The number of hydrogen-bond donors (Lipinski definition) is 1. The van der Waals surface area contributed by atoms with Crippen molar-refractivity contribution in [3.63, 3.8) is 0 Å². The van der Waals surface area contributed by atoms with Crippen molar-refractivity contribution in [1.82, 2.24) is 5.32 Å². The average Bonchev–Trinajstić information content (AvgIpc) is 2.26. The van der Waals surface area contributed by atoms with Crippen molar-refractivity contribution >= 4 is 0 Å². The number of benzene rings is 1. The summed E-state index contributed by atoms with van der Waals surface area (Å²) < 4.78 is 5.35. The summed E-state index contributed by atoms with van der Waals surface area (Å²) >= 11 is 0. The van der Waals surface area contributed by atoms with Crippen LogP contribution in [-0.4, -0.2) is 13.2 Å². The van der Waals surface area contributed by atoms with Crippen LogP contribution >= 0.6 is 0 Å². The highest BCUT2D eigenvalue weighted by atomic mass is 16.5. The fourth-order valence-electron chi connectivity index (χ4n) is 1.67. The molecule has 0 aliphatic rings. The molecule has 1 atom stereocenters. The third-order valence-electron chi connectivity index (χ3n) is 2.57. The van der Waals surface area contributed by atoms with Gasteiger partial charge in [-0.25, -0.2) is 0 Å². The standard InChI is InChI=1S/C13H18N2O/c1-9-5-10(2)12(13(6-9)16-4)8-15-11(3)7-14/h5-6,11,15H,8H2,1-4H3. The van der Waals surface area contributed by atoms with Crippen molar-refractivity contribution in [3.05, 3.63) is 28.8 Å². The summed E-state index contributed by atoms with van der Waals surface area (Å²) in [5.41, 5.74) is 3.50. The second-order valence-electron chi connectivity index (χ2n) is 3.99. The second-order valence-corrected chi connectivity index (χ2v) is 3.99. The van der Waals surface area contributed by atoms with Crippen LogP contribution in [0.1, 0.15) is 23.6 Å². The molecule has 0 spiro atoms. The van der Waals surface area contributed by atoms with Gasteiger partial charge in [-0.05, 0) is 38.0 Å². The minimum absolute atomic E-state index is 0.148. The number of nitrogens with one attached hydrogen (secondary N) is 1. The zero-order valence-electron chi connectivity index (χ0n) is 10.3. The molecule has 1 aromatic rings. The Morgan fingerprint density at radius 2 is 2.12 bits per heavy atom. The number of nitrogens with zero attached hydrogens (tertiary/aromatic N) is 1. The van der Waals surface area contributed by atoms with Crippen LogP contribution in [0.4, 0.5) is 0 Å². The Balaban J connectivity index is 2.90. The topological polar surface area (TPSA) is 45.0 Å². The molecule has 3 nitrogen and oxygen atoms in total. The molecule has 0 bridgehead atoms. The van der Waals surface area contributed by atoms with Gasteiger partial charge in [0, 0.05) is 12.1 Å². The first-order valence-electron chi connectivity index (χ1n) is 5.35. The van der Waals surface area contributed by atoms with E-state index in [1.165, 1.54) is 11.1 Å². The SMILES string of the molecule is COc1cc(C)cc(C)c1CNC(C)C#N. The van der Waals surface area contributed by atoms with E-state index < -0.39 is 0 Å². The first-order chi connectivity index (χ1) is 7.58. The summed E-state index contributed by atoms with van der Waals surface area (Å²) in [4.78, 5) is 0. The van der Waals surface area contributed by atoms with Gasteiger partial charge in [-0.15, -0.1) is 0 Å². The van der Waals surface area contributed by atoms with Crippen LogP contribution in [-0.2, 0) is 6.54 Å². The Bertz CT molecular complexity index is 407. The lowest BCUT2D eigenvalue weighted by atomic mass is 10.0. The van der Waals surface area contributed by atoms with Gasteiger partial charge in [-0.3, -0.25) is 5.32 Å². The fraction of sp³-hybridized carbons (Fsp3) is 0.462. The molecule has 0 aliphatic carbocycles. The summed E-state index contributed by atoms with van der Waals surface area (Å²) in [6.07, 6.45) is 0. The smallest absolute Gasteiger partial charge is 0.123 e. The van der Waals surface area contributed by atoms with Gasteiger partial charge in [0.15, 0.2) is 0 Å². The zero-order chi connectivity index (χ0) is 12.1. The van der Waals surface area contributed by atoms with Gasteiger partial charge in [0.2, 0.25) is 0 Å². The second kappa shape index (κ2) is 5.53. The lowest BCUT2D eigenvalue weighted by molar-refractivity contribution is 0.406. The molecule has 16 heavy (non-hydrogen) atoms. The number of rotatable bonds is 4. The predicted molar refractivity (Wildman–Crippen MR) is 64.4 cm³/mol. The van der Waals surface area contributed by atoms with Crippen molar-refractivity contribution in [1.29, 1.82) is 5.26 Å². The van der Waals surface area contributed by atoms with E-state index in [0.29, 0.717) is 6.54 Å². The van der Waals surface area contributed by atoms with Gasteiger partial charge in [-0.1, -0.05) is 6.07 Å². The van der Waals surface area contributed by atoms with Crippen LogP contribution in [0.25, 0.3) is 0 Å². The molecule has 1 unspecified atom stereocenters. The Labute approximate surface area is 97.0 Å². The first kappa shape index (κ1) is 12.5. The summed E-state index contributed by atoms with van der Waals surface area (Å²) in [5.74, 6) is 0.884. The molecule has 1 N–H and O–H groups in total. The van der Waals surface area contributed by atoms with Gasteiger partial charge in [0.1, 0.15) is 5.75 Å². The number of hydrogen-bond acceptors (Lipinski definition) is 3. The van der Waals surface area contributed by atoms with Gasteiger partial charge in [0.05, 0.1) is 19.2 Å². The van der Waals surface area contributed by atoms with Crippen LogP contribution in [0, 0.1) is 25.2 Å². The van der Waals surface area contributed by atoms with Gasteiger partial charge < -0.3 is 4.74 Å². The summed E-state index contributed by atoms with van der Waals surface area (Å²) in [6, 6.07) is 6.14. The molecular formula is C13H18N2O. The lowest BCUT2D eigenvalue weighted by Gasteiger charge is -2.14. The highest BCUT2D eigenvalue weighted by Crippen LogP contribution is 2.23. The minimum Gasteiger partial charge on any atom is -0.496 e. The number of ether oxygens (including phenoxy) is 1. The third kappa shape index (κ3) is 2.98. The monoisotopic (exact) mass is 218 g/mol. The Morgan fingerprint density at radius 3 is 2.69 bits per heavy atom. The van der Waals surface area contributed by atoms with Crippen LogP contribution < -0.4 is 10.1 Å². The van der Waals surface area contributed by atoms with Gasteiger partial charge >= 0.3 is 0 Å². The molecule has 1 rings (SSSR count). The zero-order valence-corrected chi connectivity index (χ0v) is 10.3. The van der Waals surface area contributed by atoms with E-state index in [2.05, 4.69) is 24.4 Å². The van der Waals surface area contributed by atoms with Crippen LogP contribution in [0.5, 0.6) is 5.75 Å². The third-order valence-corrected chi connectivity index (χ3v) is 2.57. The predicted octanol–water partition coefficient (Wildman–Crippen LogP) is 2.31. The molecule has 0 aliphatic heterocycles. The Kier molecular flexibility index (Phi) is 4.33. The quantitative estimate of drug-likeness (QED) is 0.843. The largest absolute Gasteiger partial charge is 0.496 e. The van der Waals surface area contributed by atoms with E-state index >= 15 is 0 Å². The van der Waals surface area contributed by atoms with Crippen molar-refractivity contribution in [3.8, 4) is 11.8 Å². The van der Waals surface area contributed by atoms with E-state index in [1.54, 1.807) is 7.11 Å². The lowest BCUT2D eigenvalue weighted by Crippen LogP contribution is -2.24. The maximum absolute atomic E-state index is 8.71. The highest BCUT2D eigenvalue weighted by Gasteiger charge is 2.08. The average molecular weight is 218 g/mol. The maximum atomic E-state index is 8.71. The van der Waals surface area contributed by atoms with E-state index in [-0.39, 0.29) is 6.04 Å². The molecule has 86 valence electrons. The molecule has 0 fully saturated rings. The fourth-order valence-corrected chi connectivity index (χ4v) is 1.67. The Morgan fingerprint density at radius 1 is 1.44 bits per heavy atom. The number of aryl methyl sites for hydroxylation is 2. The molecule has 0 amide bonds. The first-order valence-corrected chi connectivity index (χ1v) is 5.35. The molecule has 0 aromatic heterocycles. The Hall–Kier alpha value is -1.53. The molecule has 3 heteroatoms. The van der Waals surface area contributed by atoms with Crippen molar-refractivity contribution < 1.29 is 4.74 Å². The van der Waals surface area contributed by atoms with Crippen LogP contribution in [0.2, 0.25) is 0 Å². The summed E-state index contributed by atoms with van der Waals surface area (Å²) in [6.45, 7) is 6.61. The van der Waals surface area contributed by atoms with Crippen molar-refractivity contribution in [2.45, 2.75) is 33.4 Å². The van der Waals surface area contributed by atoms with Crippen LogP contribution in [0.3, 0.4) is 0 Å². The minimum atomic E-state index is -0.148. The van der Waals surface area contributed by atoms with Crippen molar-refractivity contribution in [2.24, 2.45) is 0 Å². The van der Waals surface area contributed by atoms with Crippen molar-refractivity contribution in [2.75, 3.05) is 7.11 Å². The molecule has 1 aromatic carbocycles. The molecule has 0 radical (unpaired) electrons. The van der Waals surface area contributed by atoms with Gasteiger partial charge in [-0.2, -0.15) is 5.26 Å².